The summed E-state index contributed by atoms with van der Waals surface area (Å²) in [6, 6.07) is 7.05. The monoisotopic (exact) mass is 552 g/mol. The van der Waals surface area contributed by atoms with Gasteiger partial charge in [-0.2, -0.15) is 0 Å². The van der Waals surface area contributed by atoms with Crippen LogP contribution in [0.3, 0.4) is 0 Å². The smallest absolute Gasteiger partial charge is 0.185 e. The summed E-state index contributed by atoms with van der Waals surface area (Å²) in [4.78, 5) is 57.8. The number of rotatable bonds is 0. The van der Waals surface area contributed by atoms with Crippen LogP contribution in [0.5, 0.6) is 0 Å². The molecule has 3 spiro atoms. The first kappa shape index (κ1) is 29.4. The quantitative estimate of drug-likeness (QED) is 0.305. The number of hydrogen-bond donors (Lipinski definition) is 0. The lowest BCUT2D eigenvalue weighted by molar-refractivity contribution is -0.115. The molecule has 216 valence electrons. The van der Waals surface area contributed by atoms with Crippen LogP contribution in [0.1, 0.15) is 104 Å². The number of ketones is 4. The topological polar surface area (TPSA) is 68.3 Å². The zero-order chi connectivity index (χ0) is 30.9. The van der Waals surface area contributed by atoms with Crippen LogP contribution in [0.25, 0.3) is 0 Å². The largest absolute Gasteiger partial charge is 0.293 e. The molecule has 1 saturated carbocycles. The lowest BCUT2D eigenvalue weighted by atomic mass is 9.65. The Labute approximate surface area is 245 Å². The lowest BCUT2D eigenvalue weighted by Crippen LogP contribution is -2.33. The van der Waals surface area contributed by atoms with Gasteiger partial charge in [-0.3, -0.25) is 19.2 Å². The Bertz CT molecular complexity index is 1390. The molecule has 0 amide bonds. The highest BCUT2D eigenvalue weighted by atomic mass is 16.2. The Morgan fingerprint density at radius 1 is 0.439 bits per heavy atom. The van der Waals surface area contributed by atoms with Crippen molar-refractivity contribution in [2.24, 2.45) is 37.9 Å². The highest BCUT2D eigenvalue weighted by Crippen LogP contribution is 2.87. The molecule has 4 nitrogen and oxygen atoms in total. The number of carbonyl (C=O) groups is 4. The fourth-order valence-electron chi connectivity index (χ4n) is 7.49. The molecule has 0 bridgehead atoms. The van der Waals surface area contributed by atoms with Crippen molar-refractivity contribution in [3.05, 3.63) is 82.0 Å². The van der Waals surface area contributed by atoms with Gasteiger partial charge in [0.25, 0.3) is 0 Å². The number of hydrogen-bond acceptors (Lipinski definition) is 4. The van der Waals surface area contributed by atoms with Crippen molar-refractivity contribution in [1.29, 1.82) is 0 Å². The van der Waals surface area contributed by atoms with Crippen molar-refractivity contribution in [1.82, 2.24) is 0 Å². The van der Waals surface area contributed by atoms with Crippen LogP contribution in [-0.4, -0.2) is 23.1 Å². The van der Waals surface area contributed by atoms with Crippen molar-refractivity contribution < 1.29 is 19.2 Å². The summed E-state index contributed by atoms with van der Waals surface area (Å²) >= 11 is 0. The van der Waals surface area contributed by atoms with E-state index in [-0.39, 0.29) is 23.1 Å². The molecule has 4 aliphatic rings. The Kier molecular flexibility index (Phi) is 5.74. The summed E-state index contributed by atoms with van der Waals surface area (Å²) in [5.41, 5.74) is -2.70. The predicted molar refractivity (Wildman–Crippen MR) is 163 cm³/mol. The molecule has 5 rings (SSSR count). The first-order chi connectivity index (χ1) is 18.5. The molecule has 0 saturated heterocycles. The van der Waals surface area contributed by atoms with Crippen LogP contribution in [0.2, 0.25) is 0 Å². The average Bonchev–Trinajstić information content (AvgIpc) is 3.19. The molecular weight excluding hydrogens is 508 g/mol. The minimum absolute atomic E-state index is 0.0461. The number of fused-ring (bicyclic) bond motifs is 4. The number of carbonyl (C=O) groups excluding carboxylic acids is 4. The third-order valence-electron chi connectivity index (χ3n) is 9.66. The molecule has 0 heterocycles. The molecule has 0 aromatic heterocycles. The van der Waals surface area contributed by atoms with Gasteiger partial charge in [0.2, 0.25) is 0 Å². The molecule has 1 fully saturated rings. The van der Waals surface area contributed by atoms with E-state index in [9.17, 15) is 19.2 Å². The Hall–Kier alpha value is -3.14. The molecular formula is C37H44O4. The summed E-state index contributed by atoms with van der Waals surface area (Å²) in [7, 11) is 0. The minimum Gasteiger partial charge on any atom is -0.293 e. The second-order valence-corrected chi connectivity index (χ2v) is 16.6. The van der Waals surface area contributed by atoms with Crippen molar-refractivity contribution in [2.75, 3.05) is 0 Å². The fourth-order valence-corrected chi connectivity index (χ4v) is 7.49. The zero-order valence-corrected chi connectivity index (χ0v) is 26.8. The summed E-state index contributed by atoms with van der Waals surface area (Å²) in [5.74, 6) is -0.556. The van der Waals surface area contributed by atoms with Crippen molar-refractivity contribution in [2.45, 2.75) is 83.1 Å². The van der Waals surface area contributed by atoms with Crippen LogP contribution in [0.15, 0.2) is 70.9 Å². The minimum atomic E-state index is -1.52. The Morgan fingerprint density at radius 2 is 0.683 bits per heavy atom. The van der Waals surface area contributed by atoms with E-state index in [1.165, 1.54) is 0 Å². The maximum atomic E-state index is 14.8. The van der Waals surface area contributed by atoms with Gasteiger partial charge in [0.1, 0.15) is 5.41 Å². The second-order valence-electron chi connectivity index (χ2n) is 16.6. The normalized spacial score (nSPS) is 23.0. The van der Waals surface area contributed by atoms with E-state index >= 15 is 0 Å². The predicted octanol–water partition coefficient (Wildman–Crippen LogP) is 8.09. The van der Waals surface area contributed by atoms with Crippen LogP contribution >= 0.6 is 0 Å². The van der Waals surface area contributed by atoms with Gasteiger partial charge in [0.15, 0.2) is 23.1 Å². The molecule has 4 heteroatoms. The maximum Gasteiger partial charge on any atom is 0.185 e. The van der Waals surface area contributed by atoms with Gasteiger partial charge in [-0.25, -0.2) is 0 Å². The van der Waals surface area contributed by atoms with E-state index in [4.69, 9.17) is 0 Å². The van der Waals surface area contributed by atoms with E-state index in [1.54, 1.807) is 24.3 Å². The third kappa shape index (κ3) is 3.52. The fraction of sp³-hybridized carbons (Fsp3) is 0.514. The van der Waals surface area contributed by atoms with E-state index in [1.807, 2.05) is 107 Å². The number of allylic oxidation sites excluding steroid dienone is 8. The molecule has 1 aromatic carbocycles. The highest BCUT2D eigenvalue weighted by Gasteiger charge is 2.92. The van der Waals surface area contributed by atoms with E-state index < -0.39 is 37.9 Å². The maximum absolute atomic E-state index is 14.8. The molecule has 0 radical (unpaired) electrons. The standard InChI is InChI=1S/C37H44O4/c1-31(2,3)23-17-35(18-24(27(23)38)32(4,5)6)36(37(35)29(40)21-15-13-14-16-22(21)30(37)41)19-25(33(7,8)9)28(39)26(20-36)34(10,11)12/h13-20H,1-12H3. The van der Waals surface area contributed by atoms with Crippen molar-refractivity contribution >= 4 is 23.1 Å². The van der Waals surface area contributed by atoms with Crippen LogP contribution in [-0.2, 0) is 9.59 Å². The third-order valence-corrected chi connectivity index (χ3v) is 9.66. The van der Waals surface area contributed by atoms with Gasteiger partial charge in [0.05, 0.1) is 0 Å². The molecule has 0 N–H and O–H groups in total. The molecule has 41 heavy (non-hydrogen) atoms. The summed E-state index contributed by atoms with van der Waals surface area (Å²) in [6.07, 6.45) is 7.76. The van der Waals surface area contributed by atoms with Crippen molar-refractivity contribution in [3.8, 4) is 0 Å². The number of Topliss-reactive ketones (excluding diaryl/α,β-unsaturated/α-hetero) is 4. The van der Waals surface area contributed by atoms with Crippen LogP contribution in [0, 0.1) is 37.9 Å². The van der Waals surface area contributed by atoms with Gasteiger partial charge in [0, 0.05) is 44.2 Å². The van der Waals surface area contributed by atoms with Crippen molar-refractivity contribution in [3.63, 3.8) is 0 Å². The Morgan fingerprint density at radius 3 is 0.902 bits per heavy atom. The molecule has 0 aliphatic heterocycles. The van der Waals surface area contributed by atoms with E-state index in [0.717, 1.165) is 0 Å². The average molecular weight is 553 g/mol. The summed E-state index contributed by atoms with van der Waals surface area (Å²) < 4.78 is 0. The molecule has 0 unspecified atom stereocenters. The Balaban J connectivity index is 2.01. The van der Waals surface area contributed by atoms with Crippen LogP contribution in [0.4, 0.5) is 0 Å². The van der Waals surface area contributed by atoms with Gasteiger partial charge in [-0.1, -0.05) is 132 Å². The van der Waals surface area contributed by atoms with Gasteiger partial charge in [-0.15, -0.1) is 0 Å². The SMILES string of the molecule is CC(C)(C)C1=CC2(C=C(C(C)(C)C)C1=O)C1(C=C(C(C)(C)C)C(=O)C(C(C)(C)C)=C1)C21C(=O)c2ccccc2C1=O. The highest BCUT2D eigenvalue weighted by molar-refractivity contribution is 6.35. The number of benzene rings is 1. The van der Waals surface area contributed by atoms with Crippen LogP contribution < -0.4 is 0 Å². The molecule has 1 aromatic rings. The summed E-state index contributed by atoms with van der Waals surface area (Å²) in [5, 5.41) is 0. The van der Waals surface area contributed by atoms with Gasteiger partial charge >= 0.3 is 0 Å². The lowest BCUT2D eigenvalue weighted by Gasteiger charge is -2.37. The van der Waals surface area contributed by atoms with E-state index in [2.05, 4.69) is 0 Å². The molecule has 4 aliphatic carbocycles. The second kappa shape index (κ2) is 8.02. The van der Waals surface area contributed by atoms with Gasteiger partial charge < -0.3 is 0 Å². The van der Waals surface area contributed by atoms with Gasteiger partial charge in [-0.05, 0) is 21.7 Å². The van der Waals surface area contributed by atoms with E-state index in [0.29, 0.717) is 33.4 Å². The molecule has 0 atom stereocenters. The summed E-state index contributed by atoms with van der Waals surface area (Å²) in [6.45, 7) is 24.0. The first-order valence-corrected chi connectivity index (χ1v) is 14.7. The zero-order valence-electron chi connectivity index (χ0n) is 26.8. The first-order valence-electron chi connectivity index (χ1n) is 14.7.